The molecule has 0 amide bonds. The SMILES string of the molecule is CCC1(C(=O)O)CCN(S(=O)(=O)C2CCS(=O)(=O)C2)C1. The Kier molecular flexibility index (Phi) is 3.89. The molecule has 7 nitrogen and oxygen atoms in total. The van der Waals surface area contributed by atoms with Crippen molar-refractivity contribution in [2.24, 2.45) is 5.41 Å². The molecular weight excluding hydrogens is 306 g/mol. The van der Waals surface area contributed by atoms with Crippen LogP contribution in [0.15, 0.2) is 0 Å². The van der Waals surface area contributed by atoms with Crippen LogP contribution in [0.5, 0.6) is 0 Å². The summed E-state index contributed by atoms with van der Waals surface area (Å²) in [4.78, 5) is 11.3. The minimum absolute atomic E-state index is 0.0578. The number of carboxylic acids is 1. The van der Waals surface area contributed by atoms with Crippen LogP contribution in [-0.4, -0.2) is 62.1 Å². The van der Waals surface area contributed by atoms with Crippen LogP contribution < -0.4 is 0 Å². The van der Waals surface area contributed by atoms with Crippen molar-refractivity contribution < 1.29 is 26.7 Å². The summed E-state index contributed by atoms with van der Waals surface area (Å²) in [7, 11) is -7.01. The van der Waals surface area contributed by atoms with Gasteiger partial charge in [0.05, 0.1) is 22.2 Å². The first kappa shape index (κ1) is 15.7. The molecule has 2 aliphatic rings. The Bertz CT molecular complexity index is 611. The second-order valence-electron chi connectivity index (χ2n) is 5.59. The maximum atomic E-state index is 12.4. The molecule has 0 aromatic heterocycles. The lowest BCUT2D eigenvalue weighted by Gasteiger charge is -2.24. The smallest absolute Gasteiger partial charge is 0.311 e. The van der Waals surface area contributed by atoms with Crippen molar-refractivity contribution in [3.63, 3.8) is 0 Å². The van der Waals surface area contributed by atoms with E-state index in [2.05, 4.69) is 0 Å². The Morgan fingerprint density at radius 1 is 1.45 bits per heavy atom. The summed E-state index contributed by atoms with van der Waals surface area (Å²) >= 11 is 0. The molecule has 0 aromatic rings. The summed E-state index contributed by atoms with van der Waals surface area (Å²) in [6.07, 6.45) is 0.738. The molecule has 0 spiro atoms. The lowest BCUT2D eigenvalue weighted by Crippen LogP contribution is -2.41. The topological polar surface area (TPSA) is 109 Å². The van der Waals surface area contributed by atoms with Gasteiger partial charge in [0.1, 0.15) is 0 Å². The van der Waals surface area contributed by atoms with Gasteiger partial charge in [-0.3, -0.25) is 4.79 Å². The van der Waals surface area contributed by atoms with Crippen molar-refractivity contribution in [1.82, 2.24) is 4.31 Å². The standard InChI is InChI=1S/C11H19NO6S2/c1-2-11(10(13)14)4-5-12(8-11)20(17,18)9-3-6-19(15,16)7-9/h9H,2-8H2,1H3,(H,13,14). The van der Waals surface area contributed by atoms with E-state index in [0.29, 0.717) is 6.42 Å². The number of nitrogens with zero attached hydrogens (tertiary/aromatic N) is 1. The third-order valence-electron chi connectivity index (χ3n) is 4.42. The fraction of sp³-hybridized carbons (Fsp3) is 0.909. The molecule has 2 heterocycles. The minimum Gasteiger partial charge on any atom is -0.481 e. The van der Waals surface area contributed by atoms with Crippen molar-refractivity contribution in [2.75, 3.05) is 24.6 Å². The summed E-state index contributed by atoms with van der Waals surface area (Å²) in [6, 6.07) is 0. The van der Waals surface area contributed by atoms with E-state index < -0.39 is 36.5 Å². The third-order valence-corrected chi connectivity index (χ3v) is 8.68. The summed E-state index contributed by atoms with van der Waals surface area (Å²) in [5.41, 5.74) is -1.04. The maximum absolute atomic E-state index is 12.4. The molecule has 0 radical (unpaired) electrons. The number of sulfonamides is 1. The van der Waals surface area contributed by atoms with Gasteiger partial charge in [-0.25, -0.2) is 21.1 Å². The van der Waals surface area contributed by atoms with Gasteiger partial charge < -0.3 is 5.11 Å². The molecule has 2 unspecified atom stereocenters. The van der Waals surface area contributed by atoms with Crippen LogP contribution in [0.3, 0.4) is 0 Å². The van der Waals surface area contributed by atoms with Crippen LogP contribution >= 0.6 is 0 Å². The zero-order valence-corrected chi connectivity index (χ0v) is 12.9. The first-order valence-electron chi connectivity index (χ1n) is 6.56. The van der Waals surface area contributed by atoms with E-state index in [9.17, 15) is 26.7 Å². The molecule has 2 fully saturated rings. The highest BCUT2D eigenvalue weighted by Gasteiger charge is 2.49. The lowest BCUT2D eigenvalue weighted by atomic mass is 9.85. The Morgan fingerprint density at radius 2 is 2.10 bits per heavy atom. The van der Waals surface area contributed by atoms with Gasteiger partial charge in [-0.2, -0.15) is 0 Å². The number of aliphatic carboxylic acids is 1. The molecule has 2 atom stereocenters. The molecule has 2 rings (SSSR count). The van der Waals surface area contributed by atoms with Gasteiger partial charge in [0.15, 0.2) is 9.84 Å². The van der Waals surface area contributed by atoms with Crippen LogP contribution in [0.1, 0.15) is 26.2 Å². The predicted octanol–water partition coefficient (Wildman–Crippen LogP) is -0.310. The quantitative estimate of drug-likeness (QED) is 0.759. The second kappa shape index (κ2) is 4.96. The van der Waals surface area contributed by atoms with Crippen molar-refractivity contribution >= 4 is 25.8 Å². The molecule has 116 valence electrons. The summed E-state index contributed by atoms with van der Waals surface area (Å²) in [5.74, 6) is -1.45. The van der Waals surface area contributed by atoms with E-state index in [4.69, 9.17) is 0 Å². The molecule has 0 aromatic carbocycles. The normalized spacial score (nSPS) is 34.4. The fourth-order valence-electron chi connectivity index (χ4n) is 2.87. The van der Waals surface area contributed by atoms with Crippen LogP contribution in [0.25, 0.3) is 0 Å². The average molecular weight is 325 g/mol. The van der Waals surface area contributed by atoms with Crippen molar-refractivity contribution in [1.29, 1.82) is 0 Å². The van der Waals surface area contributed by atoms with Gasteiger partial charge in [-0.1, -0.05) is 6.92 Å². The molecule has 2 aliphatic heterocycles. The van der Waals surface area contributed by atoms with Crippen LogP contribution in [0.4, 0.5) is 0 Å². The third kappa shape index (κ3) is 2.58. The average Bonchev–Trinajstić information content (AvgIpc) is 2.93. The van der Waals surface area contributed by atoms with Gasteiger partial charge in [0.2, 0.25) is 10.0 Å². The van der Waals surface area contributed by atoms with Gasteiger partial charge in [-0.05, 0) is 19.3 Å². The number of rotatable bonds is 4. The van der Waals surface area contributed by atoms with E-state index in [0.717, 1.165) is 4.31 Å². The molecule has 0 bridgehead atoms. The lowest BCUT2D eigenvalue weighted by molar-refractivity contribution is -0.148. The summed E-state index contributed by atoms with van der Waals surface area (Å²) in [5, 5.41) is 8.36. The highest BCUT2D eigenvalue weighted by atomic mass is 32.2. The van der Waals surface area contributed by atoms with E-state index in [-0.39, 0.29) is 37.4 Å². The number of sulfone groups is 1. The Balaban J connectivity index is 2.19. The fourth-order valence-corrected chi connectivity index (χ4v) is 7.49. The largest absolute Gasteiger partial charge is 0.481 e. The number of carbonyl (C=O) groups is 1. The van der Waals surface area contributed by atoms with E-state index in [1.165, 1.54) is 0 Å². The van der Waals surface area contributed by atoms with E-state index in [1.807, 2.05) is 0 Å². The van der Waals surface area contributed by atoms with E-state index >= 15 is 0 Å². The highest BCUT2D eigenvalue weighted by Crippen LogP contribution is 2.37. The Labute approximate surface area is 118 Å². The molecule has 20 heavy (non-hydrogen) atoms. The molecule has 0 aliphatic carbocycles. The minimum atomic E-state index is -3.73. The molecule has 2 saturated heterocycles. The second-order valence-corrected chi connectivity index (χ2v) is 10.0. The van der Waals surface area contributed by atoms with Crippen LogP contribution in [-0.2, 0) is 24.7 Å². The van der Waals surface area contributed by atoms with Crippen LogP contribution in [0, 0.1) is 5.41 Å². The Hall–Kier alpha value is -0.670. The molecule has 0 saturated carbocycles. The number of hydrogen-bond acceptors (Lipinski definition) is 5. The number of hydrogen-bond donors (Lipinski definition) is 1. The Morgan fingerprint density at radius 3 is 2.50 bits per heavy atom. The molecular formula is C11H19NO6S2. The first-order chi connectivity index (χ1) is 9.13. The zero-order chi connectivity index (χ0) is 15.2. The summed E-state index contributed by atoms with van der Waals surface area (Å²) in [6.45, 7) is 1.82. The maximum Gasteiger partial charge on any atom is 0.311 e. The summed E-state index contributed by atoms with van der Waals surface area (Å²) < 4.78 is 48.8. The molecule has 9 heteroatoms. The van der Waals surface area contributed by atoms with E-state index in [1.54, 1.807) is 6.92 Å². The van der Waals surface area contributed by atoms with Gasteiger partial charge in [0, 0.05) is 13.1 Å². The van der Waals surface area contributed by atoms with Gasteiger partial charge in [0.25, 0.3) is 0 Å². The highest BCUT2D eigenvalue weighted by molar-refractivity contribution is 7.95. The van der Waals surface area contributed by atoms with Crippen LogP contribution in [0.2, 0.25) is 0 Å². The number of carboxylic acid groups (broad SMARTS) is 1. The van der Waals surface area contributed by atoms with Gasteiger partial charge in [-0.15, -0.1) is 0 Å². The first-order valence-corrected chi connectivity index (χ1v) is 9.88. The molecule has 1 N–H and O–H groups in total. The van der Waals surface area contributed by atoms with Crippen molar-refractivity contribution in [3.8, 4) is 0 Å². The van der Waals surface area contributed by atoms with Gasteiger partial charge >= 0.3 is 5.97 Å². The monoisotopic (exact) mass is 325 g/mol. The zero-order valence-electron chi connectivity index (χ0n) is 11.3. The van der Waals surface area contributed by atoms with Crippen molar-refractivity contribution in [3.05, 3.63) is 0 Å². The predicted molar refractivity (Wildman–Crippen MR) is 72.5 cm³/mol. The van der Waals surface area contributed by atoms with Crippen molar-refractivity contribution in [2.45, 2.75) is 31.4 Å².